The summed E-state index contributed by atoms with van der Waals surface area (Å²) in [5, 5.41) is 2.78. The van der Waals surface area contributed by atoms with Crippen molar-refractivity contribution in [3.8, 4) is 0 Å². The van der Waals surface area contributed by atoms with E-state index in [4.69, 9.17) is 0 Å². The summed E-state index contributed by atoms with van der Waals surface area (Å²) in [5.74, 6) is -0.0140. The van der Waals surface area contributed by atoms with E-state index in [0.29, 0.717) is 12.5 Å². The Kier molecular flexibility index (Phi) is 7.37. The molecule has 0 aliphatic heterocycles. The van der Waals surface area contributed by atoms with Crippen molar-refractivity contribution in [3.63, 3.8) is 0 Å². The molecule has 5 nitrogen and oxygen atoms in total. The summed E-state index contributed by atoms with van der Waals surface area (Å²) in [6.45, 7) is 4.39. The minimum Gasteiger partial charge on any atom is -0.355 e. The Morgan fingerprint density at radius 2 is 1.69 bits per heavy atom. The molecule has 0 saturated heterocycles. The van der Waals surface area contributed by atoms with Crippen LogP contribution in [0.2, 0.25) is 0 Å². The number of sulfonamides is 1. The number of hydrogen-bond acceptors (Lipinski definition) is 3. The van der Waals surface area contributed by atoms with Crippen LogP contribution in [-0.4, -0.2) is 31.7 Å². The lowest BCUT2D eigenvalue weighted by Gasteiger charge is -2.22. The van der Waals surface area contributed by atoms with Crippen molar-refractivity contribution < 1.29 is 13.2 Å². The fourth-order valence-corrected chi connectivity index (χ4v) is 3.96. The van der Waals surface area contributed by atoms with E-state index in [1.54, 1.807) is 18.2 Å². The van der Waals surface area contributed by atoms with Crippen molar-refractivity contribution in [2.75, 3.05) is 13.1 Å². The second-order valence-corrected chi connectivity index (χ2v) is 9.26. The van der Waals surface area contributed by atoms with Gasteiger partial charge in [0.2, 0.25) is 15.9 Å². The van der Waals surface area contributed by atoms with E-state index >= 15 is 0 Å². The van der Waals surface area contributed by atoms with Crippen molar-refractivity contribution in [2.24, 2.45) is 5.92 Å². The summed E-state index contributed by atoms with van der Waals surface area (Å²) >= 11 is 3.37. The molecule has 0 unspecified atom stereocenters. The number of halogens is 1. The highest BCUT2D eigenvalue weighted by molar-refractivity contribution is 9.10. The monoisotopic (exact) mass is 438 g/mol. The van der Waals surface area contributed by atoms with Gasteiger partial charge in [0.1, 0.15) is 0 Å². The van der Waals surface area contributed by atoms with E-state index < -0.39 is 10.0 Å². The Balaban J connectivity index is 2.25. The molecule has 2 aromatic rings. The van der Waals surface area contributed by atoms with Crippen LogP contribution in [0.25, 0.3) is 0 Å². The average molecular weight is 439 g/mol. The van der Waals surface area contributed by atoms with Gasteiger partial charge in [-0.3, -0.25) is 4.79 Å². The van der Waals surface area contributed by atoms with Crippen LogP contribution in [-0.2, 0) is 21.4 Å². The molecule has 0 heterocycles. The molecule has 0 atom stereocenters. The fourth-order valence-electron chi connectivity index (χ4n) is 2.29. The Morgan fingerprint density at radius 1 is 1.08 bits per heavy atom. The first-order valence-corrected chi connectivity index (χ1v) is 10.6. The minimum absolute atomic E-state index is 0.125. The van der Waals surface area contributed by atoms with E-state index in [0.717, 1.165) is 10.0 Å². The van der Waals surface area contributed by atoms with Crippen LogP contribution in [0.4, 0.5) is 0 Å². The number of carbonyl (C=O) groups excluding carboxylic acids is 1. The van der Waals surface area contributed by atoms with Crippen molar-refractivity contribution in [1.29, 1.82) is 0 Å². The molecule has 140 valence electrons. The summed E-state index contributed by atoms with van der Waals surface area (Å²) in [4.78, 5) is 12.4. The van der Waals surface area contributed by atoms with Gasteiger partial charge in [0.15, 0.2) is 0 Å². The molecule has 2 aromatic carbocycles. The number of carbonyl (C=O) groups is 1. The molecule has 0 radical (unpaired) electrons. The topological polar surface area (TPSA) is 66.5 Å². The van der Waals surface area contributed by atoms with Crippen molar-refractivity contribution in [3.05, 3.63) is 64.6 Å². The summed E-state index contributed by atoms with van der Waals surface area (Å²) in [5.41, 5.74) is 0.810. The maximum absolute atomic E-state index is 13.0. The zero-order valence-electron chi connectivity index (χ0n) is 14.9. The Labute approximate surface area is 163 Å². The Hall–Kier alpha value is -1.70. The maximum Gasteiger partial charge on any atom is 0.243 e. The second kappa shape index (κ2) is 9.30. The highest BCUT2D eigenvalue weighted by Crippen LogP contribution is 2.19. The SMILES string of the molecule is CC(C)CNC(=O)CN(Cc1ccc(Br)cc1)S(=O)(=O)c1ccccc1. The third-order valence-electron chi connectivity index (χ3n) is 3.68. The standard InChI is InChI=1S/C19H23BrN2O3S/c1-15(2)12-21-19(23)14-22(13-16-8-10-17(20)11-9-16)26(24,25)18-6-4-3-5-7-18/h3-11,15H,12-14H2,1-2H3,(H,21,23). The molecule has 0 aliphatic carbocycles. The summed E-state index contributed by atoms with van der Waals surface area (Å²) in [7, 11) is -3.78. The smallest absolute Gasteiger partial charge is 0.243 e. The third-order valence-corrected chi connectivity index (χ3v) is 6.02. The molecule has 26 heavy (non-hydrogen) atoms. The predicted octanol–water partition coefficient (Wildman–Crippen LogP) is 3.41. The van der Waals surface area contributed by atoms with Crippen LogP contribution in [0.1, 0.15) is 19.4 Å². The molecule has 0 saturated carbocycles. The average Bonchev–Trinajstić information content (AvgIpc) is 2.62. The molecule has 0 aliphatic rings. The largest absolute Gasteiger partial charge is 0.355 e. The third kappa shape index (κ3) is 5.93. The van der Waals surface area contributed by atoms with Crippen LogP contribution < -0.4 is 5.32 Å². The fraction of sp³-hybridized carbons (Fsp3) is 0.316. The van der Waals surface area contributed by atoms with E-state index in [1.807, 2.05) is 38.1 Å². The van der Waals surface area contributed by atoms with E-state index in [1.165, 1.54) is 16.4 Å². The van der Waals surface area contributed by atoms with Crippen molar-refractivity contribution in [2.45, 2.75) is 25.3 Å². The zero-order valence-corrected chi connectivity index (χ0v) is 17.3. The highest BCUT2D eigenvalue weighted by Gasteiger charge is 2.26. The van der Waals surface area contributed by atoms with Crippen LogP contribution in [0.5, 0.6) is 0 Å². The molecule has 0 fully saturated rings. The number of nitrogens with one attached hydrogen (secondary N) is 1. The maximum atomic E-state index is 13.0. The molecule has 0 aromatic heterocycles. The molecule has 1 N–H and O–H groups in total. The summed E-state index contributed by atoms with van der Waals surface area (Å²) < 4.78 is 28.1. The molecular formula is C19H23BrN2O3S. The van der Waals surface area contributed by atoms with Crippen molar-refractivity contribution >= 4 is 31.9 Å². The number of nitrogens with zero attached hydrogens (tertiary/aromatic N) is 1. The van der Waals surface area contributed by atoms with Gasteiger partial charge in [0.25, 0.3) is 0 Å². The minimum atomic E-state index is -3.78. The van der Waals surface area contributed by atoms with Gasteiger partial charge >= 0.3 is 0 Å². The van der Waals surface area contributed by atoms with Crippen LogP contribution >= 0.6 is 15.9 Å². The Morgan fingerprint density at radius 3 is 2.27 bits per heavy atom. The van der Waals surface area contributed by atoms with E-state index in [-0.39, 0.29) is 23.9 Å². The second-order valence-electron chi connectivity index (χ2n) is 6.41. The van der Waals surface area contributed by atoms with Gasteiger partial charge in [0.05, 0.1) is 11.4 Å². The highest BCUT2D eigenvalue weighted by atomic mass is 79.9. The van der Waals surface area contributed by atoms with Crippen LogP contribution in [0.15, 0.2) is 64.0 Å². The first-order chi connectivity index (χ1) is 12.3. The molecule has 7 heteroatoms. The van der Waals surface area contributed by atoms with Gasteiger partial charge in [-0.2, -0.15) is 4.31 Å². The normalized spacial score (nSPS) is 11.7. The van der Waals surface area contributed by atoms with Crippen LogP contribution in [0, 0.1) is 5.92 Å². The predicted molar refractivity (Wildman–Crippen MR) is 106 cm³/mol. The van der Waals surface area contributed by atoms with E-state index in [2.05, 4.69) is 21.2 Å². The Bertz CT molecular complexity index is 822. The number of amides is 1. The number of hydrogen-bond donors (Lipinski definition) is 1. The molecule has 2 rings (SSSR count). The lowest BCUT2D eigenvalue weighted by atomic mass is 10.2. The van der Waals surface area contributed by atoms with Gasteiger partial charge < -0.3 is 5.32 Å². The lowest BCUT2D eigenvalue weighted by molar-refractivity contribution is -0.121. The number of rotatable bonds is 8. The van der Waals surface area contributed by atoms with Gasteiger partial charge in [-0.25, -0.2) is 8.42 Å². The first kappa shape index (κ1) is 20.6. The van der Waals surface area contributed by atoms with Crippen molar-refractivity contribution in [1.82, 2.24) is 9.62 Å². The van der Waals surface area contributed by atoms with Gasteiger partial charge in [-0.05, 0) is 35.7 Å². The van der Waals surface area contributed by atoms with E-state index in [9.17, 15) is 13.2 Å². The molecular weight excluding hydrogens is 416 g/mol. The summed E-state index contributed by atoms with van der Waals surface area (Å²) in [6.07, 6.45) is 0. The zero-order chi connectivity index (χ0) is 19.2. The summed E-state index contributed by atoms with van der Waals surface area (Å²) in [6, 6.07) is 15.5. The quantitative estimate of drug-likeness (QED) is 0.686. The molecule has 0 spiro atoms. The van der Waals surface area contributed by atoms with Gasteiger partial charge in [-0.1, -0.05) is 60.1 Å². The van der Waals surface area contributed by atoms with Crippen LogP contribution in [0.3, 0.4) is 0 Å². The molecule has 1 amide bonds. The van der Waals surface area contributed by atoms with Gasteiger partial charge in [0, 0.05) is 17.6 Å². The number of benzene rings is 2. The first-order valence-electron chi connectivity index (χ1n) is 8.35. The lowest BCUT2D eigenvalue weighted by Crippen LogP contribution is -2.41. The molecule has 0 bridgehead atoms. The van der Waals surface area contributed by atoms with Gasteiger partial charge in [-0.15, -0.1) is 0 Å².